The maximum absolute atomic E-state index is 4.65. The summed E-state index contributed by atoms with van der Waals surface area (Å²) in [6.45, 7) is 4.92. The van der Waals surface area contributed by atoms with E-state index in [1.54, 1.807) is 0 Å². The van der Waals surface area contributed by atoms with Gasteiger partial charge < -0.3 is 15.1 Å². The summed E-state index contributed by atoms with van der Waals surface area (Å²) >= 11 is 0. The minimum Gasteiger partial charge on any atom is -0.381 e. The molecule has 0 saturated carbocycles. The van der Waals surface area contributed by atoms with Crippen LogP contribution in [0.3, 0.4) is 0 Å². The molecule has 0 spiro atoms. The molecule has 2 atom stereocenters. The maximum atomic E-state index is 4.65. The first-order valence-corrected chi connectivity index (χ1v) is 8.60. The Bertz CT molecular complexity index is 466. The Labute approximate surface area is 127 Å². The largest absolute Gasteiger partial charge is 0.381 e. The van der Waals surface area contributed by atoms with Gasteiger partial charge in [0.15, 0.2) is 0 Å². The van der Waals surface area contributed by atoms with Crippen molar-refractivity contribution in [2.45, 2.75) is 50.6 Å². The molecule has 3 saturated heterocycles. The Morgan fingerprint density at radius 2 is 1.90 bits per heavy atom. The molecule has 3 fully saturated rings. The SMILES string of the molecule is c1cc(N2CCCC2)ncc1NC1CCN2CCCC2C1. The molecule has 0 aromatic carbocycles. The molecular weight excluding hydrogens is 260 g/mol. The van der Waals surface area contributed by atoms with Gasteiger partial charge in [0, 0.05) is 31.7 Å². The molecule has 0 bridgehead atoms. The third-order valence-electron chi connectivity index (χ3n) is 5.37. The molecule has 1 N–H and O–H groups in total. The van der Waals surface area contributed by atoms with E-state index in [4.69, 9.17) is 0 Å². The van der Waals surface area contributed by atoms with Crippen LogP contribution in [0.15, 0.2) is 18.3 Å². The van der Waals surface area contributed by atoms with Gasteiger partial charge in [-0.1, -0.05) is 0 Å². The Kier molecular flexibility index (Phi) is 3.72. The van der Waals surface area contributed by atoms with Crippen molar-refractivity contribution in [3.8, 4) is 0 Å². The first-order chi connectivity index (χ1) is 10.4. The van der Waals surface area contributed by atoms with Crippen molar-refractivity contribution in [2.24, 2.45) is 0 Å². The third-order valence-corrected chi connectivity index (χ3v) is 5.37. The highest BCUT2D eigenvalue weighted by molar-refractivity contribution is 5.49. The molecular formula is C17H26N4. The van der Waals surface area contributed by atoms with E-state index < -0.39 is 0 Å². The summed E-state index contributed by atoms with van der Waals surface area (Å²) in [5, 5.41) is 3.70. The summed E-state index contributed by atoms with van der Waals surface area (Å²) in [7, 11) is 0. The maximum Gasteiger partial charge on any atom is 0.128 e. The van der Waals surface area contributed by atoms with Gasteiger partial charge >= 0.3 is 0 Å². The van der Waals surface area contributed by atoms with Gasteiger partial charge in [0.25, 0.3) is 0 Å². The van der Waals surface area contributed by atoms with Crippen LogP contribution in [0.2, 0.25) is 0 Å². The lowest BCUT2D eigenvalue weighted by Crippen LogP contribution is -2.42. The molecule has 3 aliphatic rings. The van der Waals surface area contributed by atoms with Crippen LogP contribution < -0.4 is 10.2 Å². The number of hydrogen-bond acceptors (Lipinski definition) is 4. The van der Waals surface area contributed by atoms with Crippen LogP contribution in [0.4, 0.5) is 11.5 Å². The zero-order chi connectivity index (χ0) is 14.1. The second-order valence-corrected chi connectivity index (χ2v) is 6.80. The topological polar surface area (TPSA) is 31.4 Å². The van der Waals surface area contributed by atoms with Crippen LogP contribution in [0, 0.1) is 0 Å². The molecule has 114 valence electrons. The zero-order valence-electron chi connectivity index (χ0n) is 12.8. The van der Waals surface area contributed by atoms with Crippen molar-refractivity contribution >= 4 is 11.5 Å². The zero-order valence-corrected chi connectivity index (χ0v) is 12.8. The van der Waals surface area contributed by atoms with Crippen LogP contribution >= 0.6 is 0 Å². The Morgan fingerprint density at radius 1 is 1.00 bits per heavy atom. The fourth-order valence-electron chi connectivity index (χ4n) is 4.20. The third kappa shape index (κ3) is 2.86. The monoisotopic (exact) mass is 286 g/mol. The molecule has 4 nitrogen and oxygen atoms in total. The number of fused-ring (bicyclic) bond motifs is 1. The number of aromatic nitrogens is 1. The van der Waals surface area contributed by atoms with E-state index in [1.165, 1.54) is 70.4 Å². The van der Waals surface area contributed by atoms with E-state index in [-0.39, 0.29) is 0 Å². The van der Waals surface area contributed by atoms with Crippen LogP contribution in [0.1, 0.15) is 38.5 Å². The average molecular weight is 286 g/mol. The predicted molar refractivity (Wildman–Crippen MR) is 86.9 cm³/mol. The van der Waals surface area contributed by atoms with Gasteiger partial charge in [0.2, 0.25) is 0 Å². The van der Waals surface area contributed by atoms with Crippen LogP contribution in [-0.2, 0) is 0 Å². The predicted octanol–water partition coefficient (Wildman–Crippen LogP) is 2.72. The minimum absolute atomic E-state index is 0.629. The smallest absolute Gasteiger partial charge is 0.128 e. The Morgan fingerprint density at radius 3 is 2.71 bits per heavy atom. The lowest BCUT2D eigenvalue weighted by atomic mass is 9.97. The second kappa shape index (κ2) is 5.84. The molecule has 3 aliphatic heterocycles. The molecule has 1 aromatic rings. The van der Waals surface area contributed by atoms with Crippen molar-refractivity contribution in [3.05, 3.63) is 18.3 Å². The van der Waals surface area contributed by atoms with Crippen molar-refractivity contribution in [3.63, 3.8) is 0 Å². The van der Waals surface area contributed by atoms with Gasteiger partial charge in [-0.25, -0.2) is 4.98 Å². The number of pyridine rings is 1. The minimum atomic E-state index is 0.629. The molecule has 0 aliphatic carbocycles. The summed E-state index contributed by atoms with van der Waals surface area (Å²) in [5.74, 6) is 1.14. The van der Waals surface area contributed by atoms with E-state index >= 15 is 0 Å². The summed E-state index contributed by atoms with van der Waals surface area (Å²) in [5.41, 5.74) is 1.19. The van der Waals surface area contributed by atoms with Gasteiger partial charge in [-0.2, -0.15) is 0 Å². The summed E-state index contributed by atoms with van der Waals surface area (Å²) < 4.78 is 0. The quantitative estimate of drug-likeness (QED) is 0.926. The van der Waals surface area contributed by atoms with Crippen molar-refractivity contribution in [1.82, 2.24) is 9.88 Å². The molecule has 0 amide bonds. The molecule has 4 heteroatoms. The standard InChI is InChI=1S/C17H26N4/c1-2-9-21(8-1)17-6-5-15(13-18-17)19-14-7-11-20-10-3-4-16(20)12-14/h5-6,13-14,16,19H,1-4,7-12H2. The highest BCUT2D eigenvalue weighted by Crippen LogP contribution is 2.28. The van der Waals surface area contributed by atoms with Gasteiger partial charge in [0.1, 0.15) is 5.82 Å². The number of nitrogens with zero attached hydrogens (tertiary/aromatic N) is 3. The van der Waals surface area contributed by atoms with Crippen molar-refractivity contribution in [1.29, 1.82) is 0 Å². The van der Waals surface area contributed by atoms with Crippen LogP contribution in [-0.4, -0.2) is 48.1 Å². The number of nitrogens with one attached hydrogen (secondary N) is 1. The number of piperidine rings is 1. The number of hydrogen-bond donors (Lipinski definition) is 1. The van der Waals surface area contributed by atoms with E-state index in [0.717, 1.165) is 11.9 Å². The molecule has 2 unspecified atom stereocenters. The highest BCUT2D eigenvalue weighted by Gasteiger charge is 2.31. The molecule has 21 heavy (non-hydrogen) atoms. The van der Waals surface area contributed by atoms with Gasteiger partial charge in [-0.15, -0.1) is 0 Å². The molecule has 4 heterocycles. The number of rotatable bonds is 3. The first kappa shape index (κ1) is 13.4. The van der Waals surface area contributed by atoms with Gasteiger partial charge in [0.05, 0.1) is 11.9 Å². The van der Waals surface area contributed by atoms with E-state index in [9.17, 15) is 0 Å². The van der Waals surface area contributed by atoms with Gasteiger partial charge in [-0.3, -0.25) is 0 Å². The van der Waals surface area contributed by atoms with Crippen LogP contribution in [0.5, 0.6) is 0 Å². The van der Waals surface area contributed by atoms with E-state index in [2.05, 4.69) is 32.2 Å². The molecule has 4 rings (SSSR count). The average Bonchev–Trinajstić information content (AvgIpc) is 3.19. The summed E-state index contributed by atoms with van der Waals surface area (Å²) in [6.07, 6.45) is 9.99. The van der Waals surface area contributed by atoms with E-state index in [0.29, 0.717) is 6.04 Å². The summed E-state index contributed by atoms with van der Waals surface area (Å²) in [6, 6.07) is 5.84. The number of anilines is 2. The lowest BCUT2D eigenvalue weighted by molar-refractivity contribution is 0.188. The lowest BCUT2D eigenvalue weighted by Gasteiger charge is -2.35. The molecule has 1 aromatic heterocycles. The van der Waals surface area contributed by atoms with Crippen LogP contribution in [0.25, 0.3) is 0 Å². The highest BCUT2D eigenvalue weighted by atomic mass is 15.2. The fraction of sp³-hybridized carbons (Fsp3) is 0.706. The second-order valence-electron chi connectivity index (χ2n) is 6.80. The Balaban J connectivity index is 1.36. The first-order valence-electron chi connectivity index (χ1n) is 8.60. The van der Waals surface area contributed by atoms with Crippen molar-refractivity contribution in [2.75, 3.05) is 36.4 Å². The Hall–Kier alpha value is -1.29. The fourth-order valence-corrected chi connectivity index (χ4v) is 4.20. The molecule has 0 radical (unpaired) electrons. The normalized spacial score (nSPS) is 29.6. The van der Waals surface area contributed by atoms with Gasteiger partial charge in [-0.05, 0) is 57.2 Å². The van der Waals surface area contributed by atoms with Crippen molar-refractivity contribution < 1.29 is 0 Å². The summed E-state index contributed by atoms with van der Waals surface area (Å²) in [4.78, 5) is 9.71. The van der Waals surface area contributed by atoms with E-state index in [1.807, 2.05) is 6.20 Å².